The maximum atomic E-state index is 11.6. The first-order chi connectivity index (χ1) is 8.49. The first-order valence-corrected chi connectivity index (χ1v) is 5.43. The monoisotopic (exact) mass is 250 g/mol. The van der Waals surface area contributed by atoms with Crippen LogP contribution in [0, 0.1) is 26.1 Å². The molecule has 0 radical (unpaired) electrons. The molecule has 7 heteroatoms. The van der Waals surface area contributed by atoms with Crippen LogP contribution >= 0.6 is 0 Å². The quantitative estimate of drug-likeness (QED) is 0.587. The van der Waals surface area contributed by atoms with Gasteiger partial charge in [-0.25, -0.2) is 0 Å². The molecule has 1 aliphatic rings. The molecule has 0 heterocycles. The molecular weight excluding hydrogens is 240 g/mol. The minimum absolute atomic E-state index is 0.0137. The van der Waals surface area contributed by atoms with Gasteiger partial charge < -0.3 is 0 Å². The van der Waals surface area contributed by atoms with Crippen LogP contribution in [0.1, 0.15) is 18.4 Å². The van der Waals surface area contributed by atoms with Gasteiger partial charge in [0.05, 0.1) is 15.9 Å². The fraction of sp³-hybridized carbons (Fsp3) is 0.364. The third kappa shape index (κ3) is 2.50. The fourth-order valence-corrected chi connectivity index (χ4v) is 1.72. The van der Waals surface area contributed by atoms with Crippen LogP contribution in [0.2, 0.25) is 0 Å². The summed E-state index contributed by atoms with van der Waals surface area (Å²) < 4.78 is 0. The van der Waals surface area contributed by atoms with Crippen molar-refractivity contribution in [2.45, 2.75) is 19.3 Å². The molecule has 1 fully saturated rings. The van der Waals surface area contributed by atoms with Crippen molar-refractivity contribution in [2.75, 3.05) is 0 Å². The van der Waals surface area contributed by atoms with Crippen molar-refractivity contribution >= 4 is 17.2 Å². The molecule has 0 saturated heterocycles. The van der Waals surface area contributed by atoms with Gasteiger partial charge in [0.1, 0.15) is 5.78 Å². The molecule has 94 valence electrons. The minimum atomic E-state index is -0.695. The largest absolute Gasteiger partial charge is 0.299 e. The Bertz CT molecular complexity index is 536. The van der Waals surface area contributed by atoms with Crippen LogP contribution in [0.4, 0.5) is 11.4 Å². The van der Waals surface area contributed by atoms with Gasteiger partial charge in [-0.1, -0.05) is 0 Å². The van der Waals surface area contributed by atoms with Crippen molar-refractivity contribution in [3.8, 4) is 0 Å². The number of carbonyl (C=O) groups is 1. The van der Waals surface area contributed by atoms with Gasteiger partial charge in [0, 0.05) is 24.0 Å². The maximum absolute atomic E-state index is 11.6. The molecule has 0 aliphatic heterocycles. The van der Waals surface area contributed by atoms with Crippen molar-refractivity contribution in [2.24, 2.45) is 5.92 Å². The summed E-state index contributed by atoms with van der Waals surface area (Å²) >= 11 is 0. The Morgan fingerprint density at radius 2 is 1.89 bits per heavy atom. The van der Waals surface area contributed by atoms with E-state index in [1.807, 2.05) is 0 Å². The highest BCUT2D eigenvalue weighted by molar-refractivity contribution is 5.86. The SMILES string of the molecule is O=C(Cc1ccc([N+](=O)[O-])cc1[N+](=O)[O-])C1CC1. The van der Waals surface area contributed by atoms with Crippen LogP contribution in [0.3, 0.4) is 0 Å². The van der Waals surface area contributed by atoms with E-state index in [0.717, 1.165) is 18.9 Å². The van der Waals surface area contributed by atoms with Crippen LogP contribution in [-0.2, 0) is 11.2 Å². The molecule has 0 unspecified atom stereocenters. The Morgan fingerprint density at radius 1 is 1.22 bits per heavy atom. The Labute approximate surface area is 102 Å². The zero-order valence-electron chi connectivity index (χ0n) is 9.37. The third-order valence-electron chi connectivity index (χ3n) is 2.87. The van der Waals surface area contributed by atoms with Gasteiger partial charge in [-0.2, -0.15) is 0 Å². The summed E-state index contributed by atoms with van der Waals surface area (Å²) in [4.78, 5) is 31.6. The average molecular weight is 250 g/mol. The zero-order valence-corrected chi connectivity index (χ0v) is 9.37. The molecule has 1 aromatic rings. The van der Waals surface area contributed by atoms with Crippen molar-refractivity contribution < 1.29 is 14.6 Å². The van der Waals surface area contributed by atoms with E-state index < -0.39 is 9.85 Å². The number of benzene rings is 1. The van der Waals surface area contributed by atoms with Crippen molar-refractivity contribution in [3.63, 3.8) is 0 Å². The molecule has 0 amide bonds. The number of hydrogen-bond donors (Lipinski definition) is 0. The van der Waals surface area contributed by atoms with Gasteiger partial charge in [-0.3, -0.25) is 25.0 Å². The van der Waals surface area contributed by atoms with E-state index in [2.05, 4.69) is 0 Å². The van der Waals surface area contributed by atoms with E-state index in [1.54, 1.807) is 0 Å². The Hall–Kier alpha value is -2.31. The molecule has 0 bridgehead atoms. The van der Waals surface area contributed by atoms with Crippen molar-refractivity contribution in [3.05, 3.63) is 44.0 Å². The lowest BCUT2D eigenvalue weighted by Crippen LogP contribution is -2.07. The Morgan fingerprint density at radius 3 is 2.39 bits per heavy atom. The van der Waals surface area contributed by atoms with E-state index in [1.165, 1.54) is 12.1 Å². The summed E-state index contributed by atoms with van der Waals surface area (Å²) in [6, 6.07) is 3.37. The second-order valence-electron chi connectivity index (χ2n) is 4.24. The standard InChI is InChI=1S/C11H10N2O5/c14-11(7-1-2-7)5-8-3-4-9(12(15)16)6-10(8)13(17)18/h3-4,6-7H,1-2,5H2. The lowest BCUT2D eigenvalue weighted by molar-refractivity contribution is -0.394. The van der Waals surface area contributed by atoms with E-state index in [4.69, 9.17) is 0 Å². The van der Waals surface area contributed by atoms with E-state index in [0.29, 0.717) is 0 Å². The first-order valence-electron chi connectivity index (χ1n) is 5.43. The summed E-state index contributed by atoms with van der Waals surface area (Å²) in [7, 11) is 0. The van der Waals surface area contributed by atoms with E-state index in [9.17, 15) is 25.0 Å². The van der Waals surface area contributed by atoms with Crippen LogP contribution in [0.25, 0.3) is 0 Å². The lowest BCUT2D eigenvalue weighted by atomic mass is 10.0. The topological polar surface area (TPSA) is 103 Å². The highest BCUT2D eigenvalue weighted by Crippen LogP contribution is 2.33. The summed E-state index contributed by atoms with van der Waals surface area (Å²) in [6.07, 6.45) is 1.64. The molecule has 18 heavy (non-hydrogen) atoms. The second-order valence-corrected chi connectivity index (χ2v) is 4.24. The molecule has 0 aromatic heterocycles. The Balaban J connectivity index is 2.30. The lowest BCUT2D eigenvalue weighted by Gasteiger charge is -2.01. The number of ketones is 1. The summed E-state index contributed by atoms with van der Waals surface area (Å²) in [5.74, 6) is -0.0215. The van der Waals surface area contributed by atoms with Gasteiger partial charge in [0.15, 0.2) is 0 Å². The summed E-state index contributed by atoms with van der Waals surface area (Å²) in [6.45, 7) is 0. The predicted molar refractivity (Wildman–Crippen MR) is 61.2 cm³/mol. The van der Waals surface area contributed by atoms with Crippen LogP contribution in [0.15, 0.2) is 18.2 Å². The average Bonchev–Trinajstić information content (AvgIpc) is 3.12. The molecule has 7 nitrogen and oxygen atoms in total. The summed E-state index contributed by atoms with van der Waals surface area (Å²) in [5, 5.41) is 21.4. The molecule has 1 saturated carbocycles. The normalized spacial score (nSPS) is 14.2. The number of non-ortho nitro benzene ring substituents is 1. The third-order valence-corrected chi connectivity index (χ3v) is 2.87. The highest BCUT2D eigenvalue weighted by atomic mass is 16.6. The highest BCUT2D eigenvalue weighted by Gasteiger charge is 2.31. The number of rotatable bonds is 5. The minimum Gasteiger partial charge on any atom is -0.299 e. The van der Waals surface area contributed by atoms with Crippen molar-refractivity contribution in [1.82, 2.24) is 0 Å². The fourth-order valence-electron chi connectivity index (χ4n) is 1.72. The van der Waals surface area contributed by atoms with E-state index in [-0.39, 0.29) is 35.1 Å². The van der Waals surface area contributed by atoms with Crippen LogP contribution in [-0.4, -0.2) is 15.6 Å². The molecule has 1 aromatic carbocycles. The zero-order chi connectivity index (χ0) is 13.3. The number of carbonyl (C=O) groups excluding carboxylic acids is 1. The molecule has 0 N–H and O–H groups in total. The first kappa shape index (κ1) is 12.2. The number of Topliss-reactive ketones (excluding diaryl/α,β-unsaturated/α-hetero) is 1. The number of nitrogens with zero attached hydrogens (tertiary/aromatic N) is 2. The van der Waals surface area contributed by atoms with Crippen molar-refractivity contribution in [1.29, 1.82) is 0 Å². The smallest absolute Gasteiger partial charge is 0.279 e. The van der Waals surface area contributed by atoms with Gasteiger partial charge in [-0.05, 0) is 18.9 Å². The molecule has 2 rings (SSSR count). The van der Waals surface area contributed by atoms with Gasteiger partial charge in [0.25, 0.3) is 11.4 Å². The molecule has 1 aliphatic carbocycles. The molecule has 0 atom stereocenters. The molecular formula is C11H10N2O5. The predicted octanol–water partition coefficient (Wildman–Crippen LogP) is 2.02. The number of nitro groups is 2. The van der Waals surface area contributed by atoms with Gasteiger partial charge in [0.2, 0.25) is 0 Å². The van der Waals surface area contributed by atoms with E-state index >= 15 is 0 Å². The maximum Gasteiger partial charge on any atom is 0.279 e. The number of nitro benzene ring substituents is 2. The van der Waals surface area contributed by atoms with Crippen LogP contribution in [0.5, 0.6) is 0 Å². The Kier molecular flexibility index (Phi) is 3.05. The summed E-state index contributed by atoms with van der Waals surface area (Å²) in [5.41, 5.74) is -0.468. The van der Waals surface area contributed by atoms with Gasteiger partial charge >= 0.3 is 0 Å². The van der Waals surface area contributed by atoms with Gasteiger partial charge in [-0.15, -0.1) is 0 Å². The van der Waals surface area contributed by atoms with Crippen LogP contribution < -0.4 is 0 Å². The number of hydrogen-bond acceptors (Lipinski definition) is 5. The second kappa shape index (κ2) is 4.52. The molecule has 0 spiro atoms.